The van der Waals surface area contributed by atoms with Gasteiger partial charge in [0.05, 0.1) is 0 Å². The predicted molar refractivity (Wildman–Crippen MR) is 47.1 cm³/mol. The van der Waals surface area contributed by atoms with E-state index in [4.69, 9.17) is 5.73 Å². The zero-order valence-electron chi connectivity index (χ0n) is 6.00. The number of H-pyrrole nitrogens is 1. The summed E-state index contributed by atoms with van der Waals surface area (Å²) in [4.78, 5) is 0. The van der Waals surface area contributed by atoms with E-state index < -0.39 is 0 Å². The van der Waals surface area contributed by atoms with Gasteiger partial charge in [-0.2, -0.15) is 5.10 Å². The van der Waals surface area contributed by atoms with Crippen LogP contribution in [0.3, 0.4) is 0 Å². The molecule has 11 heavy (non-hydrogen) atoms. The largest absolute Gasteiger partial charge is 0.376 e. The number of thiocarbonyl (C=S) groups is 1. The number of nitrogens with two attached hydrogens (primary N) is 1. The number of nitrogens with one attached hydrogen (secondary N) is 2. The standard InChI is InChI=1S/C6H10N4S/c7-6(11)8-3-1-5-2-4-9-10-5/h2,4H,1,3H2,(H,9,10)(H3,7,8,11). The van der Waals surface area contributed by atoms with Gasteiger partial charge in [-0.05, 0) is 18.3 Å². The van der Waals surface area contributed by atoms with Crippen molar-refractivity contribution < 1.29 is 0 Å². The van der Waals surface area contributed by atoms with Crippen LogP contribution in [0.1, 0.15) is 5.69 Å². The molecule has 0 spiro atoms. The van der Waals surface area contributed by atoms with Gasteiger partial charge < -0.3 is 11.1 Å². The van der Waals surface area contributed by atoms with Gasteiger partial charge in [0.25, 0.3) is 0 Å². The van der Waals surface area contributed by atoms with Crippen LogP contribution in [0.5, 0.6) is 0 Å². The molecule has 4 N–H and O–H groups in total. The molecule has 0 aromatic carbocycles. The van der Waals surface area contributed by atoms with Crippen LogP contribution >= 0.6 is 12.2 Å². The average Bonchev–Trinajstić information content (AvgIpc) is 2.39. The number of nitrogens with zero attached hydrogens (tertiary/aromatic N) is 1. The molecule has 0 aliphatic carbocycles. The maximum absolute atomic E-state index is 5.23. The van der Waals surface area contributed by atoms with E-state index in [1.54, 1.807) is 6.20 Å². The number of rotatable bonds is 3. The van der Waals surface area contributed by atoms with Crippen LogP contribution in [0.2, 0.25) is 0 Å². The molecule has 0 atom stereocenters. The molecule has 1 aromatic heterocycles. The molecular weight excluding hydrogens is 160 g/mol. The van der Waals surface area contributed by atoms with E-state index in [-0.39, 0.29) is 0 Å². The summed E-state index contributed by atoms with van der Waals surface area (Å²) in [6.07, 6.45) is 2.58. The highest BCUT2D eigenvalue weighted by atomic mass is 32.1. The van der Waals surface area contributed by atoms with Gasteiger partial charge in [0, 0.05) is 24.9 Å². The Bertz CT molecular complexity index is 218. The Balaban J connectivity index is 2.19. The number of aromatic nitrogens is 2. The molecular formula is C6H10N4S. The highest BCUT2D eigenvalue weighted by molar-refractivity contribution is 7.80. The normalized spacial score (nSPS) is 9.45. The van der Waals surface area contributed by atoms with Crippen LogP contribution in [-0.2, 0) is 6.42 Å². The van der Waals surface area contributed by atoms with Gasteiger partial charge >= 0.3 is 0 Å². The maximum Gasteiger partial charge on any atom is 0.163 e. The fourth-order valence-electron chi connectivity index (χ4n) is 0.744. The maximum atomic E-state index is 5.23. The summed E-state index contributed by atoms with van der Waals surface area (Å²) < 4.78 is 0. The Morgan fingerprint density at radius 2 is 2.64 bits per heavy atom. The molecule has 0 unspecified atom stereocenters. The Morgan fingerprint density at radius 3 is 3.18 bits per heavy atom. The topological polar surface area (TPSA) is 66.7 Å². The van der Waals surface area contributed by atoms with Crippen molar-refractivity contribution in [2.45, 2.75) is 6.42 Å². The highest BCUT2D eigenvalue weighted by Crippen LogP contribution is 1.90. The molecule has 0 aliphatic heterocycles. The SMILES string of the molecule is NC(=S)NCCc1ccn[nH]1. The van der Waals surface area contributed by atoms with E-state index in [2.05, 4.69) is 27.7 Å². The van der Waals surface area contributed by atoms with Crippen molar-refractivity contribution >= 4 is 17.3 Å². The van der Waals surface area contributed by atoms with Gasteiger partial charge in [-0.15, -0.1) is 0 Å². The first kappa shape index (κ1) is 8.00. The molecule has 1 heterocycles. The van der Waals surface area contributed by atoms with Gasteiger partial charge in [0.1, 0.15) is 0 Å². The lowest BCUT2D eigenvalue weighted by molar-refractivity contribution is 0.835. The zero-order valence-corrected chi connectivity index (χ0v) is 6.82. The van der Waals surface area contributed by atoms with Crippen molar-refractivity contribution in [2.24, 2.45) is 5.73 Å². The van der Waals surface area contributed by atoms with Crippen LogP contribution < -0.4 is 11.1 Å². The van der Waals surface area contributed by atoms with Gasteiger partial charge in [-0.25, -0.2) is 0 Å². The third-order valence-corrected chi connectivity index (χ3v) is 1.40. The zero-order chi connectivity index (χ0) is 8.10. The Hall–Kier alpha value is -1.10. The monoisotopic (exact) mass is 170 g/mol. The van der Waals surface area contributed by atoms with Gasteiger partial charge in [0.15, 0.2) is 5.11 Å². The molecule has 0 bridgehead atoms. The second-order valence-corrected chi connectivity index (χ2v) is 2.56. The van der Waals surface area contributed by atoms with Crippen molar-refractivity contribution in [2.75, 3.05) is 6.54 Å². The Labute approximate surface area is 70.2 Å². The van der Waals surface area contributed by atoms with Crippen LogP contribution in [0.15, 0.2) is 12.3 Å². The van der Waals surface area contributed by atoms with E-state index in [0.717, 1.165) is 18.7 Å². The van der Waals surface area contributed by atoms with E-state index in [1.165, 1.54) is 0 Å². The number of aromatic amines is 1. The van der Waals surface area contributed by atoms with Gasteiger partial charge in [0.2, 0.25) is 0 Å². The van der Waals surface area contributed by atoms with Crippen molar-refractivity contribution in [3.63, 3.8) is 0 Å². The second-order valence-electron chi connectivity index (χ2n) is 2.12. The van der Waals surface area contributed by atoms with Gasteiger partial charge in [-0.3, -0.25) is 5.10 Å². The average molecular weight is 170 g/mol. The summed E-state index contributed by atoms with van der Waals surface area (Å²) in [7, 11) is 0. The van der Waals surface area contributed by atoms with E-state index in [0.29, 0.717) is 5.11 Å². The molecule has 0 saturated carbocycles. The smallest absolute Gasteiger partial charge is 0.163 e. The van der Waals surface area contributed by atoms with E-state index >= 15 is 0 Å². The molecule has 60 valence electrons. The van der Waals surface area contributed by atoms with Crippen LogP contribution in [0.25, 0.3) is 0 Å². The lowest BCUT2D eigenvalue weighted by Crippen LogP contribution is -2.30. The summed E-state index contributed by atoms with van der Waals surface area (Å²) in [5.41, 5.74) is 6.30. The minimum atomic E-state index is 0.338. The van der Waals surface area contributed by atoms with E-state index in [1.807, 2.05) is 6.07 Å². The summed E-state index contributed by atoms with van der Waals surface area (Å²) >= 11 is 4.63. The minimum absolute atomic E-state index is 0.338. The molecule has 0 amide bonds. The van der Waals surface area contributed by atoms with Gasteiger partial charge in [-0.1, -0.05) is 0 Å². The first-order valence-electron chi connectivity index (χ1n) is 3.30. The summed E-state index contributed by atoms with van der Waals surface area (Å²) in [6.45, 7) is 0.748. The van der Waals surface area contributed by atoms with Crippen molar-refractivity contribution in [1.29, 1.82) is 0 Å². The fraction of sp³-hybridized carbons (Fsp3) is 0.333. The molecule has 0 saturated heterocycles. The number of hydrogen-bond donors (Lipinski definition) is 3. The summed E-state index contributed by atoms with van der Waals surface area (Å²) in [6, 6.07) is 1.92. The molecule has 1 rings (SSSR count). The highest BCUT2D eigenvalue weighted by Gasteiger charge is 1.92. The van der Waals surface area contributed by atoms with E-state index in [9.17, 15) is 0 Å². The van der Waals surface area contributed by atoms with Crippen molar-refractivity contribution in [1.82, 2.24) is 15.5 Å². The minimum Gasteiger partial charge on any atom is -0.376 e. The summed E-state index contributed by atoms with van der Waals surface area (Å²) in [5.74, 6) is 0. The third kappa shape index (κ3) is 2.99. The molecule has 0 fully saturated rings. The second kappa shape index (κ2) is 3.92. The third-order valence-electron chi connectivity index (χ3n) is 1.25. The van der Waals surface area contributed by atoms with Crippen molar-refractivity contribution in [3.8, 4) is 0 Å². The predicted octanol–water partition coefficient (Wildman–Crippen LogP) is -0.215. The van der Waals surface area contributed by atoms with Crippen LogP contribution in [0, 0.1) is 0 Å². The lowest BCUT2D eigenvalue weighted by Gasteiger charge is -2.00. The quantitative estimate of drug-likeness (QED) is 0.549. The molecule has 5 heteroatoms. The molecule has 4 nitrogen and oxygen atoms in total. The fourth-order valence-corrected chi connectivity index (χ4v) is 0.846. The molecule has 0 radical (unpaired) electrons. The lowest BCUT2D eigenvalue weighted by atomic mass is 10.3. The Morgan fingerprint density at radius 1 is 1.82 bits per heavy atom. The Kier molecular flexibility index (Phi) is 2.85. The van der Waals surface area contributed by atoms with Crippen LogP contribution in [-0.4, -0.2) is 21.9 Å². The molecule has 1 aromatic rings. The van der Waals surface area contributed by atoms with Crippen LogP contribution in [0.4, 0.5) is 0 Å². The van der Waals surface area contributed by atoms with Crippen molar-refractivity contribution in [3.05, 3.63) is 18.0 Å². The molecule has 0 aliphatic rings. The first-order valence-corrected chi connectivity index (χ1v) is 3.71. The first-order chi connectivity index (χ1) is 5.29. The summed E-state index contributed by atoms with van der Waals surface area (Å²) in [5, 5.41) is 9.82. The number of hydrogen-bond acceptors (Lipinski definition) is 2.